The zero-order chi connectivity index (χ0) is 26.6. The standard InChI is InChI=1S/C28H34ClN3O5/c1-19-9-11-23(36-19)25(26(33)30-28(2,3)4)32(17-20-7-5-6-8-22(20)29)27(34)24-12-10-21(37-24)18-31-13-15-35-16-14-31/h5-12,25H,13-18H2,1-4H3,(H,30,33). The lowest BCUT2D eigenvalue weighted by Crippen LogP contribution is -2.49. The highest BCUT2D eigenvalue weighted by molar-refractivity contribution is 6.31. The first-order valence-corrected chi connectivity index (χ1v) is 12.8. The van der Waals surface area contributed by atoms with Crippen LogP contribution >= 0.6 is 11.6 Å². The number of rotatable bonds is 8. The van der Waals surface area contributed by atoms with Gasteiger partial charge in [-0.05, 0) is 63.6 Å². The van der Waals surface area contributed by atoms with Gasteiger partial charge in [0, 0.05) is 30.2 Å². The van der Waals surface area contributed by atoms with Crippen LogP contribution in [0.1, 0.15) is 60.2 Å². The smallest absolute Gasteiger partial charge is 0.290 e. The summed E-state index contributed by atoms with van der Waals surface area (Å²) in [4.78, 5) is 31.3. The summed E-state index contributed by atoms with van der Waals surface area (Å²) in [6, 6.07) is 13.2. The highest BCUT2D eigenvalue weighted by atomic mass is 35.5. The predicted octanol–water partition coefficient (Wildman–Crippen LogP) is 4.97. The molecule has 0 bridgehead atoms. The molecule has 4 rings (SSSR count). The fourth-order valence-corrected chi connectivity index (χ4v) is 4.45. The van der Waals surface area contributed by atoms with Gasteiger partial charge in [0.25, 0.3) is 11.8 Å². The molecule has 0 radical (unpaired) electrons. The van der Waals surface area contributed by atoms with E-state index in [9.17, 15) is 9.59 Å². The highest BCUT2D eigenvalue weighted by Gasteiger charge is 2.37. The molecule has 0 aliphatic carbocycles. The largest absolute Gasteiger partial charge is 0.464 e. The molecule has 1 aliphatic heterocycles. The third-order valence-electron chi connectivity index (χ3n) is 6.00. The first-order chi connectivity index (χ1) is 17.6. The van der Waals surface area contributed by atoms with Gasteiger partial charge in [0.05, 0.1) is 19.8 Å². The first-order valence-electron chi connectivity index (χ1n) is 12.4. The van der Waals surface area contributed by atoms with Crippen LogP contribution < -0.4 is 5.32 Å². The number of hydrogen-bond donors (Lipinski definition) is 1. The maximum Gasteiger partial charge on any atom is 0.290 e. The molecular weight excluding hydrogens is 494 g/mol. The van der Waals surface area contributed by atoms with Gasteiger partial charge in [-0.2, -0.15) is 0 Å². The summed E-state index contributed by atoms with van der Waals surface area (Å²) < 4.78 is 17.3. The molecule has 1 unspecified atom stereocenters. The summed E-state index contributed by atoms with van der Waals surface area (Å²) in [5.41, 5.74) is 0.181. The Morgan fingerprint density at radius 2 is 1.78 bits per heavy atom. The molecule has 198 valence electrons. The number of amides is 2. The van der Waals surface area contributed by atoms with Crippen LogP contribution in [0, 0.1) is 6.92 Å². The summed E-state index contributed by atoms with van der Waals surface area (Å²) in [7, 11) is 0. The Kier molecular flexibility index (Phi) is 8.42. The van der Waals surface area contributed by atoms with Crippen LogP contribution in [0.15, 0.2) is 57.4 Å². The summed E-state index contributed by atoms with van der Waals surface area (Å²) in [5, 5.41) is 3.50. The Bertz CT molecular complexity index is 1220. The number of morpholine rings is 1. The number of nitrogens with zero attached hydrogens (tertiary/aromatic N) is 2. The molecule has 1 aliphatic rings. The Morgan fingerprint density at radius 1 is 1.05 bits per heavy atom. The lowest BCUT2D eigenvalue weighted by molar-refractivity contribution is -0.128. The van der Waals surface area contributed by atoms with E-state index in [-0.39, 0.29) is 18.2 Å². The van der Waals surface area contributed by atoms with Gasteiger partial charge in [0.15, 0.2) is 11.8 Å². The van der Waals surface area contributed by atoms with Crippen molar-refractivity contribution in [2.75, 3.05) is 26.3 Å². The lowest BCUT2D eigenvalue weighted by Gasteiger charge is -2.32. The van der Waals surface area contributed by atoms with Crippen molar-refractivity contribution in [3.05, 3.63) is 82.2 Å². The number of aryl methyl sites for hydroxylation is 1. The van der Waals surface area contributed by atoms with E-state index in [0.717, 1.165) is 13.1 Å². The summed E-state index contributed by atoms with van der Waals surface area (Å²) in [5.74, 6) is 1.03. The minimum absolute atomic E-state index is 0.0833. The second kappa shape index (κ2) is 11.5. The maximum absolute atomic E-state index is 14.0. The monoisotopic (exact) mass is 527 g/mol. The van der Waals surface area contributed by atoms with Crippen LogP contribution in [0.5, 0.6) is 0 Å². The van der Waals surface area contributed by atoms with E-state index in [4.69, 9.17) is 25.2 Å². The van der Waals surface area contributed by atoms with Crippen molar-refractivity contribution in [3.8, 4) is 0 Å². The van der Waals surface area contributed by atoms with Crippen molar-refractivity contribution >= 4 is 23.4 Å². The molecule has 8 nitrogen and oxygen atoms in total. The fraction of sp³-hybridized carbons (Fsp3) is 0.429. The number of ether oxygens (including phenoxy) is 1. The van der Waals surface area contributed by atoms with Crippen LogP contribution in [-0.4, -0.2) is 53.5 Å². The SMILES string of the molecule is Cc1ccc(C(C(=O)NC(C)(C)C)N(Cc2ccccc2Cl)C(=O)c2ccc(CN3CCOCC3)o2)o1. The third-order valence-corrected chi connectivity index (χ3v) is 6.37. The second-order valence-electron chi connectivity index (χ2n) is 10.3. The molecule has 1 atom stereocenters. The lowest BCUT2D eigenvalue weighted by atomic mass is 10.1. The molecule has 37 heavy (non-hydrogen) atoms. The highest BCUT2D eigenvalue weighted by Crippen LogP contribution is 2.30. The van der Waals surface area contributed by atoms with Gasteiger partial charge in [0.2, 0.25) is 0 Å². The number of nitrogens with one attached hydrogen (secondary N) is 1. The van der Waals surface area contributed by atoms with E-state index in [1.54, 1.807) is 37.3 Å². The molecule has 0 spiro atoms. The minimum Gasteiger partial charge on any atom is -0.464 e. The molecule has 3 heterocycles. The number of carbonyl (C=O) groups is 2. The van der Waals surface area contributed by atoms with E-state index < -0.39 is 17.5 Å². The molecular formula is C28H34ClN3O5. The first kappa shape index (κ1) is 27.0. The molecule has 1 aromatic carbocycles. The van der Waals surface area contributed by atoms with Crippen molar-refractivity contribution in [2.45, 2.75) is 52.4 Å². The Labute approximate surface area is 222 Å². The van der Waals surface area contributed by atoms with Crippen LogP contribution in [-0.2, 0) is 22.6 Å². The number of halogens is 1. The van der Waals surface area contributed by atoms with Crippen LogP contribution in [0.2, 0.25) is 5.02 Å². The van der Waals surface area contributed by atoms with E-state index in [1.807, 2.05) is 39.0 Å². The molecule has 9 heteroatoms. The Hall–Kier alpha value is -3.07. The average Bonchev–Trinajstić information content (AvgIpc) is 3.48. The molecule has 2 aromatic heterocycles. The molecule has 0 saturated carbocycles. The van der Waals surface area contributed by atoms with Gasteiger partial charge in [-0.1, -0.05) is 29.8 Å². The van der Waals surface area contributed by atoms with Crippen molar-refractivity contribution < 1.29 is 23.2 Å². The molecule has 2 amide bonds. The maximum atomic E-state index is 14.0. The average molecular weight is 528 g/mol. The minimum atomic E-state index is -1.04. The van der Waals surface area contributed by atoms with E-state index >= 15 is 0 Å². The summed E-state index contributed by atoms with van der Waals surface area (Å²) in [6.07, 6.45) is 0. The normalized spacial score (nSPS) is 15.4. The van der Waals surface area contributed by atoms with E-state index in [0.29, 0.717) is 47.6 Å². The zero-order valence-corrected chi connectivity index (χ0v) is 22.5. The Balaban J connectivity index is 1.70. The van der Waals surface area contributed by atoms with Gasteiger partial charge >= 0.3 is 0 Å². The van der Waals surface area contributed by atoms with Crippen LogP contribution in [0.25, 0.3) is 0 Å². The fourth-order valence-electron chi connectivity index (χ4n) is 4.25. The van der Waals surface area contributed by atoms with Crippen molar-refractivity contribution in [3.63, 3.8) is 0 Å². The van der Waals surface area contributed by atoms with Crippen molar-refractivity contribution in [1.82, 2.24) is 15.1 Å². The van der Waals surface area contributed by atoms with Gasteiger partial charge in [-0.3, -0.25) is 14.5 Å². The predicted molar refractivity (Wildman–Crippen MR) is 140 cm³/mol. The van der Waals surface area contributed by atoms with Crippen molar-refractivity contribution in [1.29, 1.82) is 0 Å². The number of carbonyl (C=O) groups excluding carboxylic acids is 2. The Morgan fingerprint density at radius 3 is 2.43 bits per heavy atom. The molecule has 1 fully saturated rings. The van der Waals surface area contributed by atoms with E-state index in [1.165, 1.54) is 4.90 Å². The molecule has 1 saturated heterocycles. The number of benzene rings is 1. The molecule has 1 N–H and O–H groups in total. The summed E-state index contributed by atoms with van der Waals surface area (Å²) in [6.45, 7) is 11.1. The number of furan rings is 2. The topological polar surface area (TPSA) is 88.2 Å². The van der Waals surface area contributed by atoms with E-state index in [2.05, 4.69) is 10.2 Å². The van der Waals surface area contributed by atoms with Gasteiger partial charge in [-0.15, -0.1) is 0 Å². The third kappa shape index (κ3) is 7.03. The van der Waals surface area contributed by atoms with Gasteiger partial charge in [-0.25, -0.2) is 0 Å². The van der Waals surface area contributed by atoms with Crippen LogP contribution in [0.3, 0.4) is 0 Å². The van der Waals surface area contributed by atoms with Crippen molar-refractivity contribution in [2.24, 2.45) is 0 Å². The van der Waals surface area contributed by atoms with Gasteiger partial charge in [0.1, 0.15) is 17.3 Å². The number of hydrogen-bond acceptors (Lipinski definition) is 6. The molecule has 3 aromatic rings. The second-order valence-corrected chi connectivity index (χ2v) is 10.7. The summed E-state index contributed by atoms with van der Waals surface area (Å²) >= 11 is 6.47. The van der Waals surface area contributed by atoms with Gasteiger partial charge < -0.3 is 23.8 Å². The van der Waals surface area contributed by atoms with Crippen LogP contribution in [0.4, 0.5) is 0 Å². The zero-order valence-electron chi connectivity index (χ0n) is 21.8. The quantitative estimate of drug-likeness (QED) is 0.445.